The molecular weight excluding hydrogens is 419 g/mol. The van der Waals surface area contributed by atoms with Crippen LogP contribution in [0.4, 0.5) is 18.9 Å². The number of hydrogen-bond donors (Lipinski definition) is 1. The fourth-order valence-electron chi connectivity index (χ4n) is 5.92. The van der Waals surface area contributed by atoms with Crippen molar-refractivity contribution in [2.45, 2.75) is 51.6 Å². The number of carbonyl (C=O) groups is 1. The largest absolute Gasteiger partial charge is 0.417 e. The molecule has 1 amide bonds. The highest BCUT2D eigenvalue weighted by Crippen LogP contribution is 2.47. The van der Waals surface area contributed by atoms with Crippen LogP contribution < -0.4 is 4.90 Å². The van der Waals surface area contributed by atoms with Gasteiger partial charge in [-0.15, -0.1) is 0 Å². The molecule has 3 fully saturated rings. The van der Waals surface area contributed by atoms with E-state index in [1.54, 1.807) is 12.1 Å². The molecule has 4 rings (SSSR count). The SMILES string of the molecule is CC1(C(=O)N2C[C@H]3CN(c4ccc(C#N)c(C(F)(F)F)c4)CC[C@@]3(CO)C2)CCCCC1. The van der Waals surface area contributed by atoms with Crippen LogP contribution in [0.2, 0.25) is 0 Å². The van der Waals surface area contributed by atoms with Gasteiger partial charge in [0.05, 0.1) is 23.8 Å². The summed E-state index contributed by atoms with van der Waals surface area (Å²) in [5, 5.41) is 19.3. The van der Waals surface area contributed by atoms with E-state index in [1.807, 2.05) is 16.7 Å². The van der Waals surface area contributed by atoms with Crippen LogP contribution in [0.1, 0.15) is 56.6 Å². The number of hydrogen-bond acceptors (Lipinski definition) is 4. The van der Waals surface area contributed by atoms with E-state index in [-0.39, 0.29) is 29.4 Å². The van der Waals surface area contributed by atoms with Gasteiger partial charge in [-0.05, 0) is 37.5 Å². The number of nitriles is 1. The number of amides is 1. The molecule has 1 aliphatic carbocycles. The topological polar surface area (TPSA) is 67.6 Å². The zero-order chi connectivity index (χ0) is 23.1. The summed E-state index contributed by atoms with van der Waals surface area (Å²) in [5.74, 6) is 0.145. The molecule has 1 aromatic carbocycles. The molecule has 0 bridgehead atoms. The average Bonchev–Trinajstić information content (AvgIpc) is 3.17. The lowest BCUT2D eigenvalue weighted by atomic mass is 9.73. The summed E-state index contributed by atoms with van der Waals surface area (Å²) < 4.78 is 40.3. The van der Waals surface area contributed by atoms with Crippen LogP contribution in [-0.2, 0) is 11.0 Å². The number of carbonyl (C=O) groups excluding carboxylic acids is 1. The number of halogens is 3. The van der Waals surface area contributed by atoms with Gasteiger partial charge >= 0.3 is 6.18 Å². The molecule has 1 saturated carbocycles. The van der Waals surface area contributed by atoms with Gasteiger partial charge in [0.1, 0.15) is 0 Å². The molecule has 174 valence electrons. The highest BCUT2D eigenvalue weighted by atomic mass is 19.4. The Bertz CT molecular complexity index is 920. The summed E-state index contributed by atoms with van der Waals surface area (Å²) in [6, 6.07) is 5.45. The number of benzene rings is 1. The van der Waals surface area contributed by atoms with E-state index >= 15 is 0 Å². The van der Waals surface area contributed by atoms with Crippen LogP contribution in [0, 0.1) is 28.1 Å². The first-order valence-corrected chi connectivity index (χ1v) is 11.4. The van der Waals surface area contributed by atoms with Crippen LogP contribution in [0.25, 0.3) is 0 Å². The minimum absolute atomic E-state index is 0.0117. The third kappa shape index (κ3) is 3.96. The highest BCUT2D eigenvalue weighted by Gasteiger charge is 2.52. The summed E-state index contributed by atoms with van der Waals surface area (Å²) in [6.07, 6.45) is 1.05. The molecule has 0 spiro atoms. The Balaban J connectivity index is 1.54. The fraction of sp³-hybridized carbons (Fsp3) is 0.667. The Labute approximate surface area is 186 Å². The van der Waals surface area contributed by atoms with Crippen molar-refractivity contribution in [1.29, 1.82) is 5.26 Å². The predicted molar refractivity (Wildman–Crippen MR) is 114 cm³/mol. The molecule has 8 heteroatoms. The Hall–Kier alpha value is -2.27. The molecule has 2 atom stereocenters. The number of anilines is 1. The summed E-state index contributed by atoms with van der Waals surface area (Å²) in [6.45, 7) is 4.02. The van der Waals surface area contributed by atoms with Crippen LogP contribution in [0.15, 0.2) is 18.2 Å². The van der Waals surface area contributed by atoms with Crippen molar-refractivity contribution in [3.8, 4) is 6.07 Å². The van der Waals surface area contributed by atoms with Gasteiger partial charge in [0, 0.05) is 48.6 Å². The normalized spacial score (nSPS) is 27.7. The summed E-state index contributed by atoms with van der Waals surface area (Å²) >= 11 is 0. The van der Waals surface area contributed by atoms with E-state index in [1.165, 1.54) is 6.07 Å². The lowest BCUT2D eigenvalue weighted by Crippen LogP contribution is -2.49. The van der Waals surface area contributed by atoms with Crippen molar-refractivity contribution in [3.63, 3.8) is 0 Å². The van der Waals surface area contributed by atoms with Crippen LogP contribution >= 0.6 is 0 Å². The quantitative estimate of drug-likeness (QED) is 0.751. The number of fused-ring (bicyclic) bond motifs is 1. The van der Waals surface area contributed by atoms with Gasteiger partial charge < -0.3 is 14.9 Å². The Morgan fingerprint density at radius 2 is 1.94 bits per heavy atom. The zero-order valence-electron chi connectivity index (χ0n) is 18.4. The van der Waals surface area contributed by atoms with Crippen LogP contribution in [-0.4, -0.2) is 48.7 Å². The Kier molecular flexibility index (Phi) is 5.91. The van der Waals surface area contributed by atoms with E-state index < -0.39 is 17.2 Å². The second kappa shape index (κ2) is 8.26. The van der Waals surface area contributed by atoms with Gasteiger partial charge in [0.15, 0.2) is 0 Å². The summed E-state index contributed by atoms with van der Waals surface area (Å²) in [7, 11) is 0. The number of nitrogens with zero attached hydrogens (tertiary/aromatic N) is 3. The first-order valence-electron chi connectivity index (χ1n) is 11.4. The minimum Gasteiger partial charge on any atom is -0.396 e. The maximum absolute atomic E-state index is 13.4. The third-order valence-electron chi connectivity index (χ3n) is 8.00. The van der Waals surface area contributed by atoms with Crippen LogP contribution in [0.3, 0.4) is 0 Å². The predicted octanol–water partition coefficient (Wildman–Crippen LogP) is 4.19. The van der Waals surface area contributed by atoms with Crippen molar-refractivity contribution < 1.29 is 23.1 Å². The molecule has 1 aromatic rings. The van der Waals surface area contributed by atoms with Crippen molar-refractivity contribution in [2.75, 3.05) is 37.7 Å². The van der Waals surface area contributed by atoms with E-state index in [4.69, 9.17) is 5.26 Å². The minimum atomic E-state index is -4.60. The highest BCUT2D eigenvalue weighted by molar-refractivity contribution is 5.83. The molecule has 2 heterocycles. The second-order valence-corrected chi connectivity index (χ2v) is 10.1. The number of piperidine rings is 1. The molecule has 0 aromatic heterocycles. The molecule has 32 heavy (non-hydrogen) atoms. The molecule has 2 aliphatic heterocycles. The van der Waals surface area contributed by atoms with E-state index in [0.29, 0.717) is 38.3 Å². The van der Waals surface area contributed by atoms with E-state index in [0.717, 1.165) is 38.2 Å². The number of rotatable bonds is 3. The Morgan fingerprint density at radius 3 is 2.56 bits per heavy atom. The first-order chi connectivity index (χ1) is 15.1. The van der Waals surface area contributed by atoms with Gasteiger partial charge in [-0.3, -0.25) is 4.79 Å². The maximum atomic E-state index is 13.4. The van der Waals surface area contributed by atoms with Gasteiger partial charge in [0.25, 0.3) is 0 Å². The zero-order valence-corrected chi connectivity index (χ0v) is 18.4. The van der Waals surface area contributed by atoms with E-state index in [9.17, 15) is 23.1 Å². The molecule has 0 radical (unpaired) electrons. The smallest absolute Gasteiger partial charge is 0.396 e. The maximum Gasteiger partial charge on any atom is 0.417 e. The standard InChI is InChI=1S/C24H30F3N3O2/c1-22(7-3-2-4-8-22)21(32)30-14-18-13-29(10-9-23(18,15-30)16-31)19-6-5-17(12-28)20(11-19)24(25,26)27/h5-6,11,18,31H,2-4,7-10,13-16H2,1H3/t18-,23+/m1/s1. The van der Waals surface area contributed by atoms with E-state index in [2.05, 4.69) is 0 Å². The number of aliphatic hydroxyl groups is 1. The van der Waals surface area contributed by atoms with Gasteiger partial charge in [-0.25, -0.2) is 0 Å². The van der Waals surface area contributed by atoms with Crippen molar-refractivity contribution in [1.82, 2.24) is 4.90 Å². The van der Waals surface area contributed by atoms with Crippen LogP contribution in [0.5, 0.6) is 0 Å². The molecule has 3 aliphatic rings. The van der Waals surface area contributed by atoms with Gasteiger partial charge in [0.2, 0.25) is 5.91 Å². The van der Waals surface area contributed by atoms with Crippen molar-refractivity contribution in [2.24, 2.45) is 16.7 Å². The second-order valence-electron chi connectivity index (χ2n) is 10.1. The summed E-state index contributed by atoms with van der Waals surface area (Å²) in [4.78, 5) is 17.2. The number of aliphatic hydroxyl groups excluding tert-OH is 1. The third-order valence-corrected chi connectivity index (χ3v) is 8.00. The van der Waals surface area contributed by atoms with Gasteiger partial charge in [-0.2, -0.15) is 18.4 Å². The monoisotopic (exact) mass is 449 g/mol. The molecule has 2 saturated heterocycles. The Morgan fingerprint density at radius 1 is 1.22 bits per heavy atom. The lowest BCUT2D eigenvalue weighted by molar-refractivity contribution is -0.142. The van der Waals surface area contributed by atoms with Crippen molar-refractivity contribution in [3.05, 3.63) is 29.3 Å². The first kappa shape index (κ1) is 22.9. The lowest BCUT2D eigenvalue weighted by Gasteiger charge is -2.43. The molecule has 0 unspecified atom stereocenters. The van der Waals surface area contributed by atoms with Crippen molar-refractivity contribution >= 4 is 11.6 Å². The molecular formula is C24H30F3N3O2. The van der Waals surface area contributed by atoms with Gasteiger partial charge in [-0.1, -0.05) is 26.2 Å². The summed E-state index contributed by atoms with van der Waals surface area (Å²) in [5.41, 5.74) is -1.65. The number of likely N-dealkylation sites (tertiary alicyclic amines) is 1. The number of alkyl halides is 3. The fourth-order valence-corrected chi connectivity index (χ4v) is 5.92. The molecule has 1 N–H and O–H groups in total. The average molecular weight is 450 g/mol. The molecule has 5 nitrogen and oxygen atoms in total.